The summed E-state index contributed by atoms with van der Waals surface area (Å²) in [7, 11) is 0. The average Bonchev–Trinajstić information content (AvgIpc) is 2.36. The van der Waals surface area contributed by atoms with E-state index in [1.807, 2.05) is 0 Å². The molecule has 0 fully saturated rings. The van der Waals surface area contributed by atoms with Crippen LogP contribution in [0.5, 0.6) is 0 Å². The Balaban J connectivity index is 2.56. The highest BCUT2D eigenvalue weighted by atomic mass is 35.5. The molecular formula is C14H19ClFNO4. The molecule has 0 aromatic heterocycles. The number of carbonyl (C=O) groups is 1. The molecule has 2 atom stereocenters. The zero-order chi connectivity index (χ0) is 16.2. The molecule has 0 bridgehead atoms. The van der Waals surface area contributed by atoms with Crippen molar-refractivity contribution in [2.45, 2.75) is 38.6 Å². The van der Waals surface area contributed by atoms with Crippen LogP contribution in [-0.2, 0) is 4.74 Å². The fourth-order valence-electron chi connectivity index (χ4n) is 1.53. The maximum atomic E-state index is 13.3. The number of rotatable bonds is 4. The van der Waals surface area contributed by atoms with Crippen LogP contribution in [-0.4, -0.2) is 34.6 Å². The van der Waals surface area contributed by atoms with Crippen molar-refractivity contribution >= 4 is 17.7 Å². The number of benzene rings is 1. The predicted molar refractivity (Wildman–Crippen MR) is 76.6 cm³/mol. The maximum absolute atomic E-state index is 13.3. The van der Waals surface area contributed by atoms with Gasteiger partial charge < -0.3 is 20.3 Å². The van der Waals surface area contributed by atoms with E-state index < -0.39 is 29.7 Å². The predicted octanol–water partition coefficient (Wildman–Crippen LogP) is 2.40. The molecular weight excluding hydrogens is 301 g/mol. The van der Waals surface area contributed by atoms with Gasteiger partial charge in [-0.05, 0) is 38.5 Å². The summed E-state index contributed by atoms with van der Waals surface area (Å²) in [6.45, 7) is 4.87. The van der Waals surface area contributed by atoms with Crippen LogP contribution in [0.25, 0.3) is 0 Å². The molecule has 0 aliphatic rings. The Bertz CT molecular complexity index is 504. The van der Waals surface area contributed by atoms with Crippen molar-refractivity contribution in [1.82, 2.24) is 5.32 Å². The first kappa shape index (κ1) is 17.7. The first-order valence-corrected chi connectivity index (χ1v) is 6.76. The third-order valence-corrected chi connectivity index (χ3v) is 2.81. The van der Waals surface area contributed by atoms with Crippen LogP contribution in [0.3, 0.4) is 0 Å². The molecule has 0 saturated carbocycles. The molecule has 7 heteroatoms. The van der Waals surface area contributed by atoms with E-state index >= 15 is 0 Å². The summed E-state index contributed by atoms with van der Waals surface area (Å²) in [5.41, 5.74) is -0.497. The van der Waals surface area contributed by atoms with Crippen LogP contribution < -0.4 is 5.32 Å². The number of nitrogens with one attached hydrogen (secondary N) is 1. The highest BCUT2D eigenvalue weighted by Gasteiger charge is 2.22. The normalized spacial score (nSPS) is 14.4. The smallest absolute Gasteiger partial charge is 0.407 e. The average molecular weight is 320 g/mol. The molecule has 0 spiro atoms. The quantitative estimate of drug-likeness (QED) is 0.796. The molecule has 21 heavy (non-hydrogen) atoms. The molecule has 2 unspecified atom stereocenters. The van der Waals surface area contributed by atoms with Crippen molar-refractivity contribution in [2.75, 3.05) is 6.54 Å². The van der Waals surface area contributed by atoms with Crippen molar-refractivity contribution in [1.29, 1.82) is 0 Å². The molecule has 3 N–H and O–H groups in total. The highest BCUT2D eigenvalue weighted by molar-refractivity contribution is 6.30. The summed E-state index contributed by atoms with van der Waals surface area (Å²) in [6, 6.07) is 3.71. The topological polar surface area (TPSA) is 78.8 Å². The lowest BCUT2D eigenvalue weighted by atomic mass is 10.0. The van der Waals surface area contributed by atoms with Gasteiger partial charge in [0, 0.05) is 6.54 Å². The minimum Gasteiger partial charge on any atom is -0.444 e. The number of ether oxygens (including phenoxy) is 1. The van der Waals surface area contributed by atoms with E-state index in [1.165, 1.54) is 12.1 Å². The molecule has 5 nitrogen and oxygen atoms in total. The minimum atomic E-state index is -1.35. The number of carbonyl (C=O) groups excluding carboxylic acids is 1. The lowest BCUT2D eigenvalue weighted by Gasteiger charge is -2.22. The first-order valence-electron chi connectivity index (χ1n) is 6.38. The van der Waals surface area contributed by atoms with Gasteiger partial charge in [-0.2, -0.15) is 0 Å². The van der Waals surface area contributed by atoms with Gasteiger partial charge in [0.05, 0.1) is 5.02 Å². The molecule has 0 aliphatic heterocycles. The molecule has 0 aliphatic carbocycles. The van der Waals surface area contributed by atoms with E-state index in [9.17, 15) is 19.4 Å². The Labute approximate surface area is 127 Å². The van der Waals surface area contributed by atoms with E-state index in [4.69, 9.17) is 16.3 Å². The lowest BCUT2D eigenvalue weighted by molar-refractivity contribution is 0.0128. The molecule has 1 rings (SSSR count). The first-order chi connectivity index (χ1) is 9.60. The Kier molecular flexibility index (Phi) is 5.95. The second-order valence-corrected chi connectivity index (χ2v) is 5.98. The largest absolute Gasteiger partial charge is 0.444 e. The number of halogens is 2. The van der Waals surface area contributed by atoms with Gasteiger partial charge in [-0.3, -0.25) is 0 Å². The summed E-state index contributed by atoms with van der Waals surface area (Å²) in [6.07, 6.45) is -3.37. The minimum absolute atomic E-state index is 0.0766. The van der Waals surface area contributed by atoms with Gasteiger partial charge in [0.2, 0.25) is 0 Å². The molecule has 118 valence electrons. The van der Waals surface area contributed by atoms with Gasteiger partial charge in [-0.15, -0.1) is 0 Å². The fraction of sp³-hybridized carbons (Fsp3) is 0.500. The number of hydrogen-bond acceptors (Lipinski definition) is 4. The van der Waals surface area contributed by atoms with E-state index in [2.05, 4.69) is 5.32 Å². The third-order valence-electron chi connectivity index (χ3n) is 2.50. The number of aliphatic hydroxyl groups is 2. The van der Waals surface area contributed by atoms with Crippen LogP contribution in [0.4, 0.5) is 9.18 Å². The third kappa shape index (κ3) is 5.87. The second kappa shape index (κ2) is 7.06. The SMILES string of the molecule is CC(C)(C)OC(=O)NCC(O)C(O)c1ccc(Cl)c(F)c1. The van der Waals surface area contributed by atoms with Crippen LogP contribution in [0.15, 0.2) is 18.2 Å². The lowest BCUT2D eigenvalue weighted by Crippen LogP contribution is -2.38. The summed E-state index contributed by atoms with van der Waals surface area (Å²) in [5.74, 6) is -0.694. The Morgan fingerprint density at radius 1 is 1.43 bits per heavy atom. The summed E-state index contributed by atoms with van der Waals surface area (Å²) in [4.78, 5) is 11.4. The van der Waals surface area contributed by atoms with Gasteiger partial charge in [0.25, 0.3) is 0 Å². The Morgan fingerprint density at radius 3 is 2.57 bits per heavy atom. The van der Waals surface area contributed by atoms with Gasteiger partial charge in [0.15, 0.2) is 0 Å². The van der Waals surface area contributed by atoms with E-state index in [0.717, 1.165) is 6.07 Å². The molecule has 1 aromatic rings. The van der Waals surface area contributed by atoms with Gasteiger partial charge in [0.1, 0.15) is 23.6 Å². The van der Waals surface area contributed by atoms with Crippen molar-refractivity contribution in [3.05, 3.63) is 34.6 Å². The molecule has 0 saturated heterocycles. The van der Waals surface area contributed by atoms with Gasteiger partial charge in [-0.25, -0.2) is 9.18 Å². The zero-order valence-electron chi connectivity index (χ0n) is 12.1. The number of alkyl carbamates (subject to hydrolysis) is 1. The van der Waals surface area contributed by atoms with Crippen molar-refractivity contribution in [3.63, 3.8) is 0 Å². The maximum Gasteiger partial charge on any atom is 0.407 e. The molecule has 1 amide bonds. The summed E-state index contributed by atoms with van der Waals surface area (Å²) >= 11 is 5.54. The van der Waals surface area contributed by atoms with Crippen molar-refractivity contribution in [3.8, 4) is 0 Å². The zero-order valence-corrected chi connectivity index (χ0v) is 12.8. The van der Waals surface area contributed by atoms with Crippen molar-refractivity contribution < 1.29 is 24.1 Å². The Morgan fingerprint density at radius 2 is 2.05 bits per heavy atom. The molecule has 1 aromatic carbocycles. The number of hydrogen-bond donors (Lipinski definition) is 3. The van der Waals surface area contributed by atoms with Gasteiger partial charge >= 0.3 is 6.09 Å². The number of amides is 1. The van der Waals surface area contributed by atoms with Gasteiger partial charge in [-0.1, -0.05) is 17.7 Å². The van der Waals surface area contributed by atoms with Crippen LogP contribution in [0.1, 0.15) is 32.4 Å². The fourth-order valence-corrected chi connectivity index (χ4v) is 1.65. The standard InChI is InChI=1S/C14H19ClFNO4/c1-14(2,3)21-13(20)17-7-11(18)12(19)8-4-5-9(15)10(16)6-8/h4-6,11-12,18-19H,7H2,1-3H3,(H,17,20). The van der Waals surface area contributed by atoms with E-state index in [0.29, 0.717) is 0 Å². The van der Waals surface area contributed by atoms with Crippen LogP contribution >= 0.6 is 11.6 Å². The molecule has 0 radical (unpaired) electrons. The summed E-state index contributed by atoms with van der Waals surface area (Å²) in [5, 5.41) is 21.9. The Hall–Kier alpha value is -1.37. The number of aliphatic hydroxyl groups excluding tert-OH is 2. The van der Waals surface area contributed by atoms with Crippen LogP contribution in [0, 0.1) is 5.82 Å². The van der Waals surface area contributed by atoms with Crippen molar-refractivity contribution in [2.24, 2.45) is 0 Å². The second-order valence-electron chi connectivity index (χ2n) is 5.57. The summed E-state index contributed by atoms with van der Waals surface area (Å²) < 4.78 is 18.3. The van der Waals surface area contributed by atoms with E-state index in [-0.39, 0.29) is 17.1 Å². The highest BCUT2D eigenvalue weighted by Crippen LogP contribution is 2.22. The monoisotopic (exact) mass is 319 g/mol. The molecule has 0 heterocycles. The van der Waals surface area contributed by atoms with Crippen LogP contribution in [0.2, 0.25) is 5.02 Å². The van der Waals surface area contributed by atoms with E-state index in [1.54, 1.807) is 20.8 Å².